The molecule has 2 aromatic heterocycles. The van der Waals surface area contributed by atoms with Gasteiger partial charge in [0.15, 0.2) is 0 Å². The fourth-order valence-electron chi connectivity index (χ4n) is 4.50. The van der Waals surface area contributed by atoms with E-state index in [-0.39, 0.29) is 17.5 Å². The van der Waals surface area contributed by atoms with Crippen molar-refractivity contribution in [1.82, 2.24) is 24.6 Å². The van der Waals surface area contributed by atoms with Crippen LogP contribution in [0.15, 0.2) is 29.1 Å². The second-order valence-corrected chi connectivity index (χ2v) is 7.84. The summed E-state index contributed by atoms with van der Waals surface area (Å²) in [5.41, 5.74) is 4.45. The van der Waals surface area contributed by atoms with E-state index in [1.54, 1.807) is 10.7 Å². The molecule has 0 spiro atoms. The smallest absolute Gasteiger partial charge is 0.267 e. The van der Waals surface area contributed by atoms with Gasteiger partial charge in [0.25, 0.3) is 11.5 Å². The Kier molecular flexibility index (Phi) is 4.03. The average molecular weight is 377 g/mol. The number of fused-ring (bicyclic) bond motifs is 2. The summed E-state index contributed by atoms with van der Waals surface area (Å²) < 4.78 is 1.56. The molecule has 3 aromatic rings. The van der Waals surface area contributed by atoms with E-state index < -0.39 is 0 Å². The van der Waals surface area contributed by atoms with Gasteiger partial charge in [-0.1, -0.05) is 0 Å². The van der Waals surface area contributed by atoms with E-state index in [1.807, 2.05) is 30.0 Å². The summed E-state index contributed by atoms with van der Waals surface area (Å²) in [5.74, 6) is 0.839. The molecule has 7 nitrogen and oxygen atoms in total. The third kappa shape index (κ3) is 2.91. The Morgan fingerprint density at radius 2 is 2.14 bits per heavy atom. The standard InChI is InChI=1S/C21H23N5O2/c1-13-22-18-8-7-15(10-19(18)23-13)21(28)25-9-3-5-16(25)12-26-20(27)11-14-4-2-6-17(14)24-26/h7-8,10-11,16H,2-6,9,12H2,1H3,(H,22,23). The number of nitrogens with one attached hydrogen (secondary N) is 1. The third-order valence-corrected chi connectivity index (χ3v) is 5.89. The lowest BCUT2D eigenvalue weighted by molar-refractivity contribution is 0.0720. The van der Waals surface area contributed by atoms with Gasteiger partial charge in [-0.25, -0.2) is 9.67 Å². The van der Waals surface area contributed by atoms with Crippen LogP contribution in [-0.4, -0.2) is 43.1 Å². The third-order valence-electron chi connectivity index (χ3n) is 5.89. The van der Waals surface area contributed by atoms with Gasteiger partial charge in [0.1, 0.15) is 5.82 Å². The van der Waals surface area contributed by atoms with Crippen LogP contribution >= 0.6 is 0 Å². The molecule has 1 fully saturated rings. The normalized spacial score (nSPS) is 18.8. The van der Waals surface area contributed by atoms with Crippen molar-refractivity contribution in [3.05, 3.63) is 57.3 Å². The van der Waals surface area contributed by atoms with Crippen LogP contribution in [0.25, 0.3) is 11.0 Å². The summed E-state index contributed by atoms with van der Waals surface area (Å²) in [7, 11) is 0. The summed E-state index contributed by atoms with van der Waals surface area (Å²) in [4.78, 5) is 35.1. The molecule has 2 aliphatic rings. The van der Waals surface area contributed by atoms with Gasteiger partial charge in [-0.05, 0) is 62.8 Å². The fraction of sp³-hybridized carbons (Fsp3) is 0.429. The van der Waals surface area contributed by atoms with E-state index >= 15 is 0 Å². The van der Waals surface area contributed by atoms with E-state index in [9.17, 15) is 9.59 Å². The van der Waals surface area contributed by atoms with Crippen LogP contribution in [-0.2, 0) is 19.4 Å². The van der Waals surface area contributed by atoms with Gasteiger partial charge in [0, 0.05) is 18.2 Å². The first-order valence-electron chi connectivity index (χ1n) is 9.96. The SMILES string of the molecule is Cc1nc2ccc(C(=O)N3CCCC3Cn3nc4c(cc3=O)CCC4)cc2[nH]1. The minimum Gasteiger partial charge on any atom is -0.342 e. The van der Waals surface area contributed by atoms with Crippen molar-refractivity contribution in [2.45, 2.75) is 51.6 Å². The van der Waals surface area contributed by atoms with Crippen LogP contribution < -0.4 is 5.56 Å². The van der Waals surface area contributed by atoms with Crippen LogP contribution in [0.1, 0.15) is 46.7 Å². The van der Waals surface area contributed by atoms with Crippen LogP contribution in [0.2, 0.25) is 0 Å². The minimum absolute atomic E-state index is 0.00338. The second kappa shape index (κ2) is 6.58. The van der Waals surface area contributed by atoms with E-state index in [0.717, 1.165) is 60.2 Å². The van der Waals surface area contributed by atoms with Crippen LogP contribution in [0.4, 0.5) is 0 Å². The number of aromatic amines is 1. The van der Waals surface area contributed by atoms with Gasteiger partial charge in [0.2, 0.25) is 0 Å². The number of hydrogen-bond acceptors (Lipinski definition) is 4. The predicted molar refractivity (Wildman–Crippen MR) is 105 cm³/mol. The van der Waals surface area contributed by atoms with Crippen LogP contribution in [0, 0.1) is 6.92 Å². The molecule has 1 aromatic carbocycles. The first kappa shape index (κ1) is 17.2. The van der Waals surface area contributed by atoms with E-state index in [2.05, 4.69) is 15.1 Å². The summed E-state index contributed by atoms with van der Waals surface area (Å²) in [6, 6.07) is 7.30. The Morgan fingerprint density at radius 3 is 3.04 bits per heavy atom. The molecule has 1 aliphatic heterocycles. The maximum atomic E-state index is 13.2. The number of aromatic nitrogens is 4. The van der Waals surface area contributed by atoms with E-state index in [1.165, 1.54) is 0 Å². The lowest BCUT2D eigenvalue weighted by Crippen LogP contribution is -2.40. The first-order valence-corrected chi connectivity index (χ1v) is 9.96. The minimum atomic E-state index is -0.0608. The second-order valence-electron chi connectivity index (χ2n) is 7.84. The molecule has 7 heteroatoms. The Balaban J connectivity index is 1.40. The Bertz CT molecular complexity index is 1130. The maximum Gasteiger partial charge on any atom is 0.267 e. The summed E-state index contributed by atoms with van der Waals surface area (Å²) in [6.45, 7) is 3.08. The molecule has 28 heavy (non-hydrogen) atoms. The van der Waals surface area contributed by atoms with Crippen molar-refractivity contribution in [1.29, 1.82) is 0 Å². The number of H-pyrrole nitrogens is 1. The highest BCUT2D eigenvalue weighted by Gasteiger charge is 2.30. The highest BCUT2D eigenvalue weighted by atomic mass is 16.2. The van der Waals surface area contributed by atoms with Gasteiger partial charge in [-0.3, -0.25) is 9.59 Å². The first-order chi connectivity index (χ1) is 13.6. The number of carbonyl (C=O) groups excluding carboxylic acids is 1. The van der Waals surface area contributed by atoms with Gasteiger partial charge in [0.05, 0.1) is 29.3 Å². The average Bonchev–Trinajstić information content (AvgIpc) is 3.39. The fourth-order valence-corrected chi connectivity index (χ4v) is 4.50. The lowest BCUT2D eigenvalue weighted by Gasteiger charge is -2.25. The molecule has 3 heterocycles. The molecule has 1 N–H and O–H groups in total. The summed E-state index contributed by atoms with van der Waals surface area (Å²) >= 11 is 0. The van der Waals surface area contributed by atoms with E-state index in [0.29, 0.717) is 18.7 Å². The number of likely N-dealkylation sites (tertiary alicyclic amines) is 1. The summed E-state index contributed by atoms with van der Waals surface area (Å²) in [5, 5.41) is 4.58. The topological polar surface area (TPSA) is 83.9 Å². The molecule has 0 bridgehead atoms. The molecular formula is C21H23N5O2. The number of amides is 1. The zero-order valence-electron chi connectivity index (χ0n) is 15.9. The number of imidazole rings is 1. The quantitative estimate of drug-likeness (QED) is 0.759. The zero-order chi connectivity index (χ0) is 19.3. The number of carbonyl (C=O) groups is 1. The molecule has 144 valence electrons. The Hall–Kier alpha value is -2.96. The van der Waals surface area contributed by atoms with Gasteiger partial charge < -0.3 is 9.88 Å². The zero-order valence-corrected chi connectivity index (χ0v) is 15.9. The number of hydrogen-bond donors (Lipinski definition) is 1. The number of nitrogens with zero attached hydrogens (tertiary/aromatic N) is 4. The molecule has 1 unspecified atom stereocenters. The lowest BCUT2D eigenvalue weighted by atomic mass is 10.1. The van der Waals surface area contributed by atoms with Crippen molar-refractivity contribution < 1.29 is 4.79 Å². The highest BCUT2D eigenvalue weighted by molar-refractivity contribution is 5.97. The van der Waals surface area contributed by atoms with Crippen molar-refractivity contribution in [2.75, 3.05) is 6.54 Å². The van der Waals surface area contributed by atoms with Gasteiger partial charge >= 0.3 is 0 Å². The number of rotatable bonds is 3. The van der Waals surface area contributed by atoms with Crippen molar-refractivity contribution >= 4 is 16.9 Å². The summed E-state index contributed by atoms with van der Waals surface area (Å²) in [6.07, 6.45) is 4.79. The van der Waals surface area contributed by atoms with Crippen LogP contribution in [0.3, 0.4) is 0 Å². The predicted octanol–water partition coefficient (Wildman–Crippen LogP) is 2.22. The molecule has 1 aliphatic carbocycles. The molecule has 0 radical (unpaired) electrons. The molecule has 0 saturated carbocycles. The van der Waals surface area contributed by atoms with E-state index in [4.69, 9.17) is 0 Å². The highest BCUT2D eigenvalue weighted by Crippen LogP contribution is 2.23. The Morgan fingerprint density at radius 1 is 1.25 bits per heavy atom. The van der Waals surface area contributed by atoms with Gasteiger partial charge in [-0.2, -0.15) is 5.10 Å². The number of benzene rings is 1. The van der Waals surface area contributed by atoms with Crippen LogP contribution in [0.5, 0.6) is 0 Å². The molecule has 1 amide bonds. The largest absolute Gasteiger partial charge is 0.342 e. The monoisotopic (exact) mass is 377 g/mol. The van der Waals surface area contributed by atoms with Crippen molar-refractivity contribution in [3.8, 4) is 0 Å². The maximum absolute atomic E-state index is 13.2. The van der Waals surface area contributed by atoms with Crippen molar-refractivity contribution in [3.63, 3.8) is 0 Å². The number of aryl methyl sites for hydroxylation is 3. The van der Waals surface area contributed by atoms with Crippen molar-refractivity contribution in [2.24, 2.45) is 0 Å². The molecule has 1 saturated heterocycles. The Labute approximate surface area is 162 Å². The molecular weight excluding hydrogens is 354 g/mol. The molecule has 1 atom stereocenters. The molecule has 5 rings (SSSR count). The van der Waals surface area contributed by atoms with Gasteiger partial charge in [-0.15, -0.1) is 0 Å².